The predicted octanol–water partition coefficient (Wildman–Crippen LogP) is 3.07. The summed E-state index contributed by atoms with van der Waals surface area (Å²) in [6.45, 7) is 3.15. The van der Waals surface area contributed by atoms with Crippen LogP contribution in [0.3, 0.4) is 0 Å². The van der Waals surface area contributed by atoms with Crippen LogP contribution in [0.1, 0.15) is 42.9 Å². The van der Waals surface area contributed by atoms with Crippen molar-refractivity contribution in [2.24, 2.45) is 0 Å². The van der Waals surface area contributed by atoms with Crippen LogP contribution in [-0.4, -0.2) is 35.4 Å². The maximum Gasteiger partial charge on any atom is 0.231 e. The first-order valence-electron chi connectivity index (χ1n) is 9.27. The van der Waals surface area contributed by atoms with E-state index >= 15 is 0 Å². The van der Waals surface area contributed by atoms with E-state index in [9.17, 15) is 4.79 Å². The fraction of sp³-hybridized carbons (Fsp3) is 0.429. The van der Waals surface area contributed by atoms with Crippen molar-refractivity contribution in [1.29, 1.82) is 0 Å². The lowest BCUT2D eigenvalue weighted by atomic mass is 9.95. The average Bonchev–Trinajstić information content (AvgIpc) is 3.33. The molecule has 0 bridgehead atoms. The Morgan fingerprint density at radius 1 is 1.12 bits per heavy atom. The molecule has 2 aliphatic rings. The minimum absolute atomic E-state index is 0.0425. The number of rotatable bonds is 6. The molecule has 0 radical (unpaired) electrons. The second kappa shape index (κ2) is 6.96. The first-order valence-corrected chi connectivity index (χ1v) is 9.27. The Hall–Kier alpha value is -2.20. The molecule has 1 aliphatic carbocycles. The van der Waals surface area contributed by atoms with Gasteiger partial charge in [-0.25, -0.2) is 0 Å². The molecule has 1 aromatic heterocycles. The van der Waals surface area contributed by atoms with Crippen LogP contribution in [0.5, 0.6) is 0 Å². The first kappa shape index (κ1) is 16.3. The molecule has 0 spiro atoms. The monoisotopic (exact) mass is 335 g/mol. The molecule has 4 nitrogen and oxygen atoms in total. The van der Waals surface area contributed by atoms with Crippen molar-refractivity contribution in [2.45, 2.75) is 37.1 Å². The Kier molecular flexibility index (Phi) is 4.53. The number of pyridine rings is 1. The molecular weight excluding hydrogens is 310 g/mol. The number of hydrogen-bond donors (Lipinski definition) is 1. The number of benzene rings is 1. The van der Waals surface area contributed by atoms with Gasteiger partial charge in [0.1, 0.15) is 0 Å². The van der Waals surface area contributed by atoms with Gasteiger partial charge in [0.25, 0.3) is 0 Å². The Morgan fingerprint density at radius 2 is 1.88 bits per heavy atom. The van der Waals surface area contributed by atoms with E-state index in [4.69, 9.17) is 0 Å². The summed E-state index contributed by atoms with van der Waals surface area (Å²) in [7, 11) is 0. The number of aromatic nitrogens is 1. The summed E-state index contributed by atoms with van der Waals surface area (Å²) < 4.78 is 0. The van der Waals surface area contributed by atoms with Crippen molar-refractivity contribution in [2.75, 3.05) is 19.6 Å². The summed E-state index contributed by atoms with van der Waals surface area (Å²) in [5, 5.41) is 3.35. The zero-order valence-electron chi connectivity index (χ0n) is 14.5. The lowest BCUT2D eigenvalue weighted by molar-refractivity contribution is -0.124. The second-order valence-corrected chi connectivity index (χ2v) is 7.27. The maximum atomic E-state index is 13.1. The molecule has 1 N–H and O–H groups in total. The number of hydrogen-bond acceptors (Lipinski definition) is 3. The van der Waals surface area contributed by atoms with E-state index in [1.807, 2.05) is 36.5 Å². The summed E-state index contributed by atoms with van der Waals surface area (Å²) in [4.78, 5) is 19.8. The van der Waals surface area contributed by atoms with Crippen LogP contribution in [-0.2, 0) is 10.2 Å². The largest absolute Gasteiger partial charge is 0.347 e. The van der Waals surface area contributed by atoms with E-state index in [0.29, 0.717) is 0 Å². The highest BCUT2D eigenvalue weighted by Crippen LogP contribution is 2.48. The minimum atomic E-state index is -0.369. The Balaban J connectivity index is 1.53. The van der Waals surface area contributed by atoms with Crippen LogP contribution in [0.15, 0.2) is 54.9 Å². The molecule has 1 aromatic carbocycles. The number of nitrogens with one attached hydrogen (secondary N) is 1. The van der Waals surface area contributed by atoms with E-state index in [2.05, 4.69) is 27.3 Å². The number of carbonyl (C=O) groups is 1. The van der Waals surface area contributed by atoms with Crippen molar-refractivity contribution in [1.82, 2.24) is 15.2 Å². The molecule has 1 saturated carbocycles. The van der Waals surface area contributed by atoms with Crippen molar-refractivity contribution in [3.05, 3.63) is 66.0 Å². The van der Waals surface area contributed by atoms with E-state index in [0.717, 1.165) is 38.0 Å². The van der Waals surface area contributed by atoms with Crippen molar-refractivity contribution >= 4 is 5.91 Å². The number of nitrogens with zero attached hydrogens (tertiary/aromatic N) is 2. The molecule has 2 heterocycles. The SMILES string of the molecule is O=C(N[C@H](CN1CCCC1)c1ccccc1)C1(c2cccnc2)CC1. The van der Waals surface area contributed by atoms with Crippen molar-refractivity contribution in [3.8, 4) is 0 Å². The van der Waals surface area contributed by atoms with Crippen molar-refractivity contribution in [3.63, 3.8) is 0 Å². The summed E-state index contributed by atoms with van der Waals surface area (Å²) >= 11 is 0. The van der Waals surface area contributed by atoms with Gasteiger partial charge >= 0.3 is 0 Å². The van der Waals surface area contributed by atoms with Gasteiger partial charge in [-0.15, -0.1) is 0 Å². The summed E-state index contributed by atoms with van der Waals surface area (Å²) in [6, 6.07) is 14.3. The number of likely N-dealkylation sites (tertiary alicyclic amines) is 1. The Bertz CT molecular complexity index is 706. The molecule has 4 rings (SSSR count). The van der Waals surface area contributed by atoms with Crippen LogP contribution in [0.25, 0.3) is 0 Å². The topological polar surface area (TPSA) is 45.2 Å². The van der Waals surface area contributed by atoms with E-state index < -0.39 is 0 Å². The van der Waals surface area contributed by atoms with E-state index in [1.165, 1.54) is 18.4 Å². The fourth-order valence-corrected chi connectivity index (χ4v) is 3.86. The normalized spacial score (nSPS) is 20.2. The van der Waals surface area contributed by atoms with Crippen LogP contribution in [0.2, 0.25) is 0 Å². The lowest BCUT2D eigenvalue weighted by Crippen LogP contribution is -2.41. The van der Waals surface area contributed by atoms with Crippen molar-refractivity contribution < 1.29 is 4.79 Å². The van der Waals surface area contributed by atoms with Gasteiger partial charge in [-0.1, -0.05) is 36.4 Å². The molecule has 1 saturated heterocycles. The highest BCUT2D eigenvalue weighted by Gasteiger charge is 2.51. The highest BCUT2D eigenvalue weighted by atomic mass is 16.2. The highest BCUT2D eigenvalue weighted by molar-refractivity contribution is 5.91. The molecule has 2 fully saturated rings. The molecule has 130 valence electrons. The van der Waals surface area contributed by atoms with Crippen LogP contribution in [0, 0.1) is 0 Å². The van der Waals surface area contributed by atoms with Crippen LogP contribution in [0.4, 0.5) is 0 Å². The van der Waals surface area contributed by atoms with Crippen LogP contribution < -0.4 is 5.32 Å². The molecule has 25 heavy (non-hydrogen) atoms. The van der Waals surface area contributed by atoms with E-state index in [1.54, 1.807) is 6.20 Å². The zero-order valence-corrected chi connectivity index (χ0v) is 14.5. The van der Waals surface area contributed by atoms with Gasteiger partial charge in [-0.2, -0.15) is 0 Å². The Morgan fingerprint density at radius 3 is 2.52 bits per heavy atom. The molecule has 1 amide bonds. The maximum absolute atomic E-state index is 13.1. The molecule has 0 unspecified atom stereocenters. The quantitative estimate of drug-likeness (QED) is 0.882. The summed E-state index contributed by atoms with van der Waals surface area (Å²) in [5.74, 6) is 0.147. The summed E-state index contributed by atoms with van der Waals surface area (Å²) in [5.41, 5.74) is 1.86. The third-order valence-electron chi connectivity index (χ3n) is 5.55. The predicted molar refractivity (Wildman–Crippen MR) is 98.1 cm³/mol. The number of amides is 1. The molecule has 1 aliphatic heterocycles. The van der Waals surface area contributed by atoms with Gasteiger partial charge in [0, 0.05) is 18.9 Å². The summed E-state index contributed by atoms with van der Waals surface area (Å²) in [6.07, 6.45) is 7.94. The van der Waals surface area contributed by atoms with Gasteiger partial charge in [-0.05, 0) is 56.0 Å². The lowest BCUT2D eigenvalue weighted by Gasteiger charge is -2.27. The fourth-order valence-electron chi connectivity index (χ4n) is 3.86. The van der Waals surface area contributed by atoms with Gasteiger partial charge < -0.3 is 10.2 Å². The third kappa shape index (κ3) is 3.45. The number of carbonyl (C=O) groups excluding carboxylic acids is 1. The average molecular weight is 335 g/mol. The first-order chi connectivity index (χ1) is 12.3. The third-order valence-corrected chi connectivity index (χ3v) is 5.55. The van der Waals surface area contributed by atoms with Gasteiger partial charge in [0.15, 0.2) is 0 Å². The van der Waals surface area contributed by atoms with Gasteiger partial charge in [0.05, 0.1) is 11.5 Å². The second-order valence-electron chi connectivity index (χ2n) is 7.27. The molecule has 1 atom stereocenters. The standard InChI is InChI=1S/C21H25N3O/c25-20(21(10-11-21)18-9-6-12-22-15-18)23-19(16-24-13-4-5-14-24)17-7-2-1-3-8-17/h1-3,6-9,12,15,19H,4-5,10-11,13-14,16H2,(H,23,25)/t19-/m1/s1. The van der Waals surface area contributed by atoms with Gasteiger partial charge in [0.2, 0.25) is 5.91 Å². The zero-order chi connectivity index (χ0) is 17.1. The smallest absolute Gasteiger partial charge is 0.231 e. The van der Waals surface area contributed by atoms with Crippen LogP contribution >= 0.6 is 0 Å². The molecule has 4 heteroatoms. The minimum Gasteiger partial charge on any atom is -0.347 e. The Labute approximate surface area is 149 Å². The molecular formula is C21H25N3O. The molecule has 2 aromatic rings. The van der Waals surface area contributed by atoms with Gasteiger partial charge in [-0.3, -0.25) is 9.78 Å². The van der Waals surface area contributed by atoms with E-state index in [-0.39, 0.29) is 17.4 Å².